The van der Waals surface area contributed by atoms with E-state index in [9.17, 15) is 4.79 Å². The number of piperidine rings is 1. The average Bonchev–Trinajstić information content (AvgIpc) is 3.10. The number of hydrogen-bond donors (Lipinski definition) is 1. The monoisotopic (exact) mass is 330 g/mol. The van der Waals surface area contributed by atoms with E-state index in [1.54, 1.807) is 17.5 Å². The highest BCUT2D eigenvalue weighted by Gasteiger charge is 2.18. The van der Waals surface area contributed by atoms with Gasteiger partial charge in [0.05, 0.1) is 17.3 Å². The van der Waals surface area contributed by atoms with Crippen LogP contribution < -0.4 is 10.2 Å². The van der Waals surface area contributed by atoms with Crippen LogP contribution >= 0.6 is 11.3 Å². The molecule has 1 unspecified atom stereocenters. The Kier molecular flexibility index (Phi) is 4.91. The topological polar surface area (TPSA) is 58.1 Å². The molecule has 1 fully saturated rings. The molecule has 122 valence electrons. The fraction of sp³-hybridized carbons (Fsp3) is 0.471. The summed E-state index contributed by atoms with van der Waals surface area (Å²) in [5.41, 5.74) is 2.40. The van der Waals surface area contributed by atoms with E-state index in [2.05, 4.69) is 20.2 Å². The van der Waals surface area contributed by atoms with Gasteiger partial charge in [-0.05, 0) is 55.5 Å². The summed E-state index contributed by atoms with van der Waals surface area (Å²) in [6, 6.07) is 2.01. The summed E-state index contributed by atoms with van der Waals surface area (Å²) in [5, 5.41) is 7.08. The molecular weight excluding hydrogens is 308 g/mol. The minimum atomic E-state index is -0.119. The number of rotatable bonds is 4. The third-order valence-electron chi connectivity index (χ3n) is 4.24. The summed E-state index contributed by atoms with van der Waals surface area (Å²) in [5.74, 6) is 0.621. The Bertz CT molecular complexity index is 665. The van der Waals surface area contributed by atoms with Crippen molar-refractivity contribution in [1.29, 1.82) is 0 Å². The number of nitrogens with zero attached hydrogens (tertiary/aromatic N) is 3. The molecule has 0 radical (unpaired) electrons. The number of aromatic nitrogens is 2. The Morgan fingerprint density at radius 1 is 1.35 bits per heavy atom. The zero-order valence-electron chi connectivity index (χ0n) is 13.6. The largest absolute Gasteiger partial charge is 0.345 e. The number of thiophene rings is 1. The van der Waals surface area contributed by atoms with E-state index < -0.39 is 0 Å². The number of amides is 1. The normalized spacial score (nSPS) is 16.2. The van der Waals surface area contributed by atoms with Crippen molar-refractivity contribution < 1.29 is 4.79 Å². The fourth-order valence-corrected chi connectivity index (χ4v) is 3.56. The first-order valence-corrected chi connectivity index (χ1v) is 9.01. The first-order valence-electron chi connectivity index (χ1n) is 8.06. The van der Waals surface area contributed by atoms with Crippen molar-refractivity contribution in [1.82, 2.24) is 15.3 Å². The SMILES string of the molecule is Cc1nc(N2CCCCC2)ncc1C(=O)NC(C)c1ccsc1. The van der Waals surface area contributed by atoms with Crippen molar-refractivity contribution in [3.63, 3.8) is 0 Å². The minimum absolute atomic E-state index is 0.0186. The van der Waals surface area contributed by atoms with Crippen molar-refractivity contribution >= 4 is 23.2 Å². The summed E-state index contributed by atoms with van der Waals surface area (Å²) >= 11 is 1.63. The Morgan fingerprint density at radius 2 is 2.13 bits per heavy atom. The predicted molar refractivity (Wildman–Crippen MR) is 93.0 cm³/mol. The third-order valence-corrected chi connectivity index (χ3v) is 4.94. The summed E-state index contributed by atoms with van der Waals surface area (Å²) in [4.78, 5) is 23.6. The maximum Gasteiger partial charge on any atom is 0.255 e. The molecule has 1 saturated heterocycles. The van der Waals surface area contributed by atoms with Gasteiger partial charge < -0.3 is 10.2 Å². The maximum absolute atomic E-state index is 12.5. The molecule has 0 aliphatic carbocycles. The summed E-state index contributed by atoms with van der Waals surface area (Å²) in [6.07, 6.45) is 5.30. The van der Waals surface area contributed by atoms with Crippen LogP contribution in [0.2, 0.25) is 0 Å². The van der Waals surface area contributed by atoms with Crippen LogP contribution in [0.15, 0.2) is 23.0 Å². The number of hydrogen-bond acceptors (Lipinski definition) is 5. The Hall–Kier alpha value is -1.95. The highest BCUT2D eigenvalue weighted by Crippen LogP contribution is 2.19. The first-order chi connectivity index (χ1) is 11.1. The molecule has 3 rings (SSSR count). The van der Waals surface area contributed by atoms with Gasteiger partial charge in [0.2, 0.25) is 5.95 Å². The van der Waals surface area contributed by atoms with Gasteiger partial charge in [-0.25, -0.2) is 9.97 Å². The van der Waals surface area contributed by atoms with Gasteiger partial charge in [0.15, 0.2) is 0 Å². The standard InChI is InChI=1S/C17H22N4OS/c1-12(14-6-9-23-11-14)19-16(22)15-10-18-17(20-13(15)2)21-7-4-3-5-8-21/h6,9-12H,3-5,7-8H2,1-2H3,(H,19,22). The van der Waals surface area contributed by atoms with E-state index in [4.69, 9.17) is 0 Å². The zero-order chi connectivity index (χ0) is 16.2. The van der Waals surface area contributed by atoms with Gasteiger partial charge in [-0.1, -0.05) is 0 Å². The van der Waals surface area contributed by atoms with Crippen molar-refractivity contribution in [2.45, 2.75) is 39.2 Å². The predicted octanol–water partition coefficient (Wildman–Crippen LogP) is 3.33. The maximum atomic E-state index is 12.5. The summed E-state index contributed by atoms with van der Waals surface area (Å²) in [7, 11) is 0. The second-order valence-corrected chi connectivity index (χ2v) is 6.75. The molecule has 1 aliphatic rings. The molecule has 0 aromatic carbocycles. The first kappa shape index (κ1) is 15.9. The van der Waals surface area contributed by atoms with Gasteiger partial charge in [0.1, 0.15) is 0 Å². The number of carbonyl (C=O) groups excluding carboxylic acids is 1. The van der Waals surface area contributed by atoms with E-state index in [-0.39, 0.29) is 11.9 Å². The Morgan fingerprint density at radius 3 is 2.78 bits per heavy atom. The number of carbonyl (C=O) groups is 1. The van der Waals surface area contributed by atoms with Gasteiger partial charge in [-0.2, -0.15) is 11.3 Å². The molecule has 6 heteroatoms. The van der Waals surface area contributed by atoms with E-state index in [0.717, 1.165) is 30.3 Å². The molecular formula is C17H22N4OS. The van der Waals surface area contributed by atoms with Crippen molar-refractivity contribution in [3.05, 3.63) is 39.8 Å². The fourth-order valence-electron chi connectivity index (χ4n) is 2.80. The second kappa shape index (κ2) is 7.08. The van der Waals surface area contributed by atoms with Crippen LogP contribution in [0.3, 0.4) is 0 Å². The van der Waals surface area contributed by atoms with Gasteiger partial charge in [0.25, 0.3) is 5.91 Å². The molecule has 0 saturated carbocycles. The van der Waals surface area contributed by atoms with E-state index in [1.807, 2.05) is 30.7 Å². The summed E-state index contributed by atoms with van der Waals surface area (Å²) < 4.78 is 0. The lowest BCUT2D eigenvalue weighted by Crippen LogP contribution is -2.32. The molecule has 3 heterocycles. The molecule has 0 bridgehead atoms. The van der Waals surface area contributed by atoms with Gasteiger partial charge in [-0.15, -0.1) is 0 Å². The molecule has 5 nitrogen and oxygen atoms in total. The molecule has 2 aromatic rings. The van der Waals surface area contributed by atoms with Gasteiger partial charge in [-0.3, -0.25) is 4.79 Å². The lowest BCUT2D eigenvalue weighted by atomic mass is 10.1. The number of nitrogens with one attached hydrogen (secondary N) is 1. The highest BCUT2D eigenvalue weighted by molar-refractivity contribution is 7.07. The van der Waals surface area contributed by atoms with Gasteiger partial charge >= 0.3 is 0 Å². The minimum Gasteiger partial charge on any atom is -0.345 e. The average molecular weight is 330 g/mol. The van der Waals surface area contributed by atoms with Crippen LogP contribution in [0.1, 0.15) is 53.8 Å². The Balaban J connectivity index is 1.71. The van der Waals surface area contributed by atoms with Gasteiger partial charge in [0, 0.05) is 19.3 Å². The van der Waals surface area contributed by atoms with Crippen LogP contribution in [0.25, 0.3) is 0 Å². The van der Waals surface area contributed by atoms with Crippen molar-refractivity contribution in [2.75, 3.05) is 18.0 Å². The molecule has 23 heavy (non-hydrogen) atoms. The quantitative estimate of drug-likeness (QED) is 0.934. The third kappa shape index (κ3) is 3.69. The summed E-state index contributed by atoms with van der Waals surface area (Å²) in [6.45, 7) is 5.86. The zero-order valence-corrected chi connectivity index (χ0v) is 14.4. The molecule has 1 atom stereocenters. The molecule has 1 aliphatic heterocycles. The highest BCUT2D eigenvalue weighted by atomic mass is 32.1. The molecule has 1 amide bonds. The second-order valence-electron chi connectivity index (χ2n) is 5.97. The lowest BCUT2D eigenvalue weighted by Gasteiger charge is -2.26. The smallest absolute Gasteiger partial charge is 0.255 e. The van der Waals surface area contributed by atoms with E-state index in [0.29, 0.717) is 5.56 Å². The van der Waals surface area contributed by atoms with Crippen molar-refractivity contribution in [2.24, 2.45) is 0 Å². The van der Waals surface area contributed by atoms with Crippen LogP contribution in [-0.2, 0) is 0 Å². The molecule has 2 aromatic heterocycles. The van der Waals surface area contributed by atoms with E-state index in [1.165, 1.54) is 19.3 Å². The molecule has 0 spiro atoms. The van der Waals surface area contributed by atoms with Crippen LogP contribution in [0.4, 0.5) is 5.95 Å². The molecule has 1 N–H and O–H groups in total. The van der Waals surface area contributed by atoms with E-state index >= 15 is 0 Å². The number of aryl methyl sites for hydroxylation is 1. The van der Waals surface area contributed by atoms with Crippen LogP contribution in [0.5, 0.6) is 0 Å². The lowest BCUT2D eigenvalue weighted by molar-refractivity contribution is 0.0938. The number of anilines is 1. The van der Waals surface area contributed by atoms with Crippen LogP contribution in [0, 0.1) is 6.92 Å². The van der Waals surface area contributed by atoms with Crippen LogP contribution in [-0.4, -0.2) is 29.0 Å². The Labute approximate surface area is 140 Å². The van der Waals surface area contributed by atoms with Crippen molar-refractivity contribution in [3.8, 4) is 0 Å².